The van der Waals surface area contributed by atoms with Crippen LogP contribution in [-0.2, 0) is 0 Å². The van der Waals surface area contributed by atoms with Crippen molar-refractivity contribution < 1.29 is 0 Å². The van der Waals surface area contributed by atoms with Crippen molar-refractivity contribution in [1.29, 1.82) is 0 Å². The Morgan fingerprint density at radius 3 is 2.74 bits per heavy atom. The van der Waals surface area contributed by atoms with Gasteiger partial charge in [0.1, 0.15) is 5.69 Å². The summed E-state index contributed by atoms with van der Waals surface area (Å²) in [6.07, 6.45) is 3.37. The van der Waals surface area contributed by atoms with Crippen molar-refractivity contribution in [2.24, 2.45) is 15.9 Å². The first-order valence-corrected chi connectivity index (χ1v) is 6.02. The Labute approximate surface area is 112 Å². The summed E-state index contributed by atoms with van der Waals surface area (Å²) in [4.78, 5) is 4.10. The van der Waals surface area contributed by atoms with Gasteiger partial charge in [-0.05, 0) is 37.1 Å². The smallest absolute Gasteiger partial charge is 0.171 e. The summed E-state index contributed by atoms with van der Waals surface area (Å²) in [5.74, 6) is 0.307. The van der Waals surface area contributed by atoms with Gasteiger partial charge in [0.25, 0.3) is 0 Å². The molecule has 0 aliphatic rings. The maximum absolute atomic E-state index is 5.80. The molecule has 2 aromatic rings. The van der Waals surface area contributed by atoms with E-state index in [4.69, 9.17) is 5.73 Å². The summed E-state index contributed by atoms with van der Waals surface area (Å²) in [5, 5.41) is 7.96. The van der Waals surface area contributed by atoms with E-state index in [0.29, 0.717) is 11.5 Å². The summed E-state index contributed by atoms with van der Waals surface area (Å²) in [6.45, 7) is 4.10. The van der Waals surface area contributed by atoms with E-state index >= 15 is 0 Å². The summed E-state index contributed by atoms with van der Waals surface area (Å²) in [5.41, 5.74) is 9.84. The van der Waals surface area contributed by atoms with Crippen molar-refractivity contribution in [1.82, 2.24) is 4.98 Å². The minimum atomic E-state index is 0.307. The molecule has 0 unspecified atom stereocenters. The van der Waals surface area contributed by atoms with E-state index in [-0.39, 0.29) is 0 Å². The van der Waals surface area contributed by atoms with Crippen LogP contribution in [0.15, 0.2) is 52.8 Å². The van der Waals surface area contributed by atoms with E-state index in [1.165, 1.54) is 5.56 Å². The number of aromatic nitrogens is 1. The first-order chi connectivity index (χ1) is 9.16. The third-order valence-electron chi connectivity index (χ3n) is 2.71. The van der Waals surface area contributed by atoms with Crippen molar-refractivity contribution in [3.05, 3.63) is 65.0 Å². The largest absolute Gasteiger partial charge is 0.380 e. The van der Waals surface area contributed by atoms with Gasteiger partial charge in [0.15, 0.2) is 5.84 Å². The van der Waals surface area contributed by atoms with Gasteiger partial charge in [-0.3, -0.25) is 4.98 Å². The number of rotatable bonds is 3. The maximum atomic E-state index is 5.80. The first-order valence-electron chi connectivity index (χ1n) is 6.02. The van der Waals surface area contributed by atoms with Crippen molar-refractivity contribution in [2.75, 3.05) is 0 Å². The fourth-order valence-corrected chi connectivity index (χ4v) is 1.69. The van der Waals surface area contributed by atoms with Gasteiger partial charge in [0.2, 0.25) is 0 Å². The lowest BCUT2D eigenvalue weighted by atomic mass is 10.1. The van der Waals surface area contributed by atoms with Crippen LogP contribution in [0.25, 0.3) is 0 Å². The molecular weight excluding hydrogens is 236 g/mol. The molecule has 1 heterocycles. The number of aryl methyl sites for hydroxylation is 2. The van der Waals surface area contributed by atoms with Crippen LogP contribution in [0.4, 0.5) is 0 Å². The van der Waals surface area contributed by atoms with Crippen molar-refractivity contribution >= 4 is 12.1 Å². The summed E-state index contributed by atoms with van der Waals surface area (Å²) in [7, 11) is 0. The lowest BCUT2D eigenvalue weighted by Gasteiger charge is -2.00. The molecule has 0 spiro atoms. The van der Waals surface area contributed by atoms with Crippen molar-refractivity contribution in [3.63, 3.8) is 0 Å². The second-order valence-electron chi connectivity index (χ2n) is 4.30. The first kappa shape index (κ1) is 13.0. The fraction of sp³-hybridized carbons (Fsp3) is 0.133. The van der Waals surface area contributed by atoms with Crippen LogP contribution < -0.4 is 5.73 Å². The van der Waals surface area contributed by atoms with Gasteiger partial charge in [-0.1, -0.05) is 29.8 Å². The van der Waals surface area contributed by atoms with Gasteiger partial charge < -0.3 is 5.73 Å². The molecule has 4 heteroatoms. The molecule has 0 fully saturated rings. The van der Waals surface area contributed by atoms with Gasteiger partial charge >= 0.3 is 0 Å². The molecule has 1 aromatic carbocycles. The van der Waals surface area contributed by atoms with Crippen LogP contribution in [0.1, 0.15) is 22.4 Å². The minimum absolute atomic E-state index is 0.307. The predicted octanol–water partition coefficient (Wildman–Crippen LogP) is 2.44. The normalized spacial score (nSPS) is 12.0. The topological polar surface area (TPSA) is 63.6 Å². The van der Waals surface area contributed by atoms with Gasteiger partial charge in [0, 0.05) is 6.20 Å². The highest BCUT2D eigenvalue weighted by atomic mass is 15.2. The van der Waals surface area contributed by atoms with E-state index in [1.54, 1.807) is 18.5 Å². The van der Waals surface area contributed by atoms with E-state index in [2.05, 4.69) is 28.2 Å². The summed E-state index contributed by atoms with van der Waals surface area (Å²) < 4.78 is 0. The molecule has 96 valence electrons. The molecule has 0 aliphatic carbocycles. The number of benzene rings is 1. The van der Waals surface area contributed by atoms with Crippen LogP contribution in [-0.4, -0.2) is 17.0 Å². The highest BCUT2D eigenvalue weighted by molar-refractivity contribution is 5.96. The average Bonchev–Trinajstić information content (AvgIpc) is 2.42. The molecule has 0 radical (unpaired) electrons. The zero-order valence-corrected chi connectivity index (χ0v) is 11.0. The molecule has 0 saturated carbocycles. The van der Waals surface area contributed by atoms with Crippen LogP contribution in [0.5, 0.6) is 0 Å². The van der Waals surface area contributed by atoms with Gasteiger partial charge in [-0.25, -0.2) is 0 Å². The summed E-state index contributed by atoms with van der Waals surface area (Å²) in [6, 6.07) is 11.6. The highest BCUT2D eigenvalue weighted by Gasteiger charge is 1.97. The Balaban J connectivity index is 2.15. The van der Waals surface area contributed by atoms with Crippen molar-refractivity contribution in [3.8, 4) is 0 Å². The molecule has 0 saturated heterocycles. The molecule has 2 rings (SSSR count). The quantitative estimate of drug-likeness (QED) is 0.518. The molecule has 0 atom stereocenters. The molecular formula is C15H16N4. The van der Waals surface area contributed by atoms with Crippen molar-refractivity contribution in [2.45, 2.75) is 13.8 Å². The monoisotopic (exact) mass is 252 g/mol. The molecule has 0 bridgehead atoms. The highest BCUT2D eigenvalue weighted by Crippen LogP contribution is 2.08. The zero-order valence-electron chi connectivity index (χ0n) is 11.0. The van der Waals surface area contributed by atoms with E-state index in [9.17, 15) is 0 Å². The van der Waals surface area contributed by atoms with Gasteiger partial charge in [-0.2, -0.15) is 5.10 Å². The number of nitrogens with zero attached hydrogens (tertiary/aromatic N) is 3. The summed E-state index contributed by atoms with van der Waals surface area (Å²) >= 11 is 0. The molecule has 0 amide bonds. The standard InChI is InChI=1S/C15H16N4/c1-11-6-7-13(12(2)9-11)10-18-19-15(16)14-5-3-4-8-17-14/h3-10H,1-2H3,(H2,16,19). The third kappa shape index (κ3) is 3.48. The third-order valence-corrected chi connectivity index (χ3v) is 2.71. The molecule has 19 heavy (non-hydrogen) atoms. The Kier molecular flexibility index (Phi) is 4.03. The number of nitrogens with two attached hydrogens (primary N) is 1. The Bertz CT molecular complexity index is 615. The second kappa shape index (κ2) is 5.91. The van der Waals surface area contributed by atoms with Gasteiger partial charge in [0.05, 0.1) is 6.21 Å². The SMILES string of the molecule is Cc1ccc(C=N/N=C(\N)c2ccccn2)c(C)c1. The molecule has 0 aliphatic heterocycles. The van der Waals surface area contributed by atoms with E-state index in [0.717, 1.165) is 11.1 Å². The molecule has 2 N–H and O–H groups in total. The number of amidine groups is 1. The Hall–Kier alpha value is -2.49. The van der Waals surface area contributed by atoms with Crippen LogP contribution in [0.3, 0.4) is 0 Å². The Morgan fingerprint density at radius 2 is 2.05 bits per heavy atom. The van der Waals surface area contributed by atoms with E-state index in [1.807, 2.05) is 31.2 Å². The lowest BCUT2D eigenvalue weighted by molar-refractivity contribution is 1.19. The Morgan fingerprint density at radius 1 is 1.21 bits per heavy atom. The number of hydrogen-bond donors (Lipinski definition) is 1. The average molecular weight is 252 g/mol. The second-order valence-corrected chi connectivity index (χ2v) is 4.30. The maximum Gasteiger partial charge on any atom is 0.171 e. The fourth-order valence-electron chi connectivity index (χ4n) is 1.69. The van der Waals surface area contributed by atoms with Gasteiger partial charge in [-0.15, -0.1) is 5.10 Å². The predicted molar refractivity (Wildman–Crippen MR) is 78.5 cm³/mol. The molecule has 4 nitrogen and oxygen atoms in total. The zero-order chi connectivity index (χ0) is 13.7. The van der Waals surface area contributed by atoms with E-state index < -0.39 is 0 Å². The molecule has 1 aromatic heterocycles. The number of pyridine rings is 1. The van der Waals surface area contributed by atoms with Crippen LogP contribution in [0.2, 0.25) is 0 Å². The lowest BCUT2D eigenvalue weighted by Crippen LogP contribution is -2.14. The van der Waals surface area contributed by atoms with Crippen LogP contribution >= 0.6 is 0 Å². The van der Waals surface area contributed by atoms with Crippen LogP contribution in [0, 0.1) is 13.8 Å². The minimum Gasteiger partial charge on any atom is -0.380 e. The number of hydrogen-bond acceptors (Lipinski definition) is 3.